The summed E-state index contributed by atoms with van der Waals surface area (Å²) in [6.07, 6.45) is 0.998. The number of aliphatic hydroxyl groups excluding tert-OH is 1. The van der Waals surface area contributed by atoms with Crippen molar-refractivity contribution < 1.29 is 14.6 Å². The Morgan fingerprint density at radius 2 is 2.06 bits per heavy atom. The van der Waals surface area contributed by atoms with Gasteiger partial charge in [0.2, 0.25) is 0 Å². The molecule has 0 aliphatic carbocycles. The average Bonchev–Trinajstić information content (AvgIpc) is 2.38. The average molecular weight is 250 g/mol. The number of nitrogens with two attached hydrogens (primary N) is 1. The van der Waals surface area contributed by atoms with E-state index < -0.39 is 0 Å². The Morgan fingerprint density at radius 1 is 1.39 bits per heavy atom. The molecule has 1 amide bonds. The third-order valence-corrected chi connectivity index (χ3v) is 3.09. The van der Waals surface area contributed by atoms with E-state index in [4.69, 9.17) is 10.5 Å². The van der Waals surface area contributed by atoms with Crippen molar-refractivity contribution in [1.82, 2.24) is 4.90 Å². The van der Waals surface area contributed by atoms with Gasteiger partial charge in [-0.2, -0.15) is 0 Å². The number of anilines is 1. The number of hydrogen-bond acceptors (Lipinski definition) is 4. The van der Waals surface area contributed by atoms with Gasteiger partial charge < -0.3 is 20.5 Å². The molecule has 0 radical (unpaired) electrons. The number of piperidine rings is 1. The molecule has 1 saturated heterocycles. The summed E-state index contributed by atoms with van der Waals surface area (Å²) in [5.41, 5.74) is 6.25. The number of ether oxygens (including phenoxy) is 1. The maximum absolute atomic E-state index is 11.9. The number of carbonyl (C=O) groups is 1. The van der Waals surface area contributed by atoms with Gasteiger partial charge >= 0.3 is 0 Å². The molecule has 0 spiro atoms. The van der Waals surface area contributed by atoms with Crippen LogP contribution < -0.4 is 10.5 Å². The Balaban J connectivity index is 1.83. The molecule has 5 heteroatoms. The highest BCUT2D eigenvalue weighted by Crippen LogP contribution is 2.20. The number of para-hydroxylation sites is 2. The summed E-state index contributed by atoms with van der Waals surface area (Å²) in [6, 6.07) is 7.10. The number of benzene rings is 1. The van der Waals surface area contributed by atoms with Crippen LogP contribution in [0.1, 0.15) is 12.8 Å². The fourth-order valence-electron chi connectivity index (χ4n) is 1.96. The zero-order valence-corrected chi connectivity index (χ0v) is 10.2. The lowest BCUT2D eigenvalue weighted by atomic mass is 10.1. The highest BCUT2D eigenvalue weighted by atomic mass is 16.5. The summed E-state index contributed by atoms with van der Waals surface area (Å²) in [5, 5.41) is 9.37. The molecule has 1 heterocycles. The molecule has 1 aliphatic rings. The maximum Gasteiger partial charge on any atom is 0.260 e. The number of aliphatic hydroxyl groups is 1. The molecule has 1 aromatic carbocycles. The molecule has 3 N–H and O–H groups in total. The largest absolute Gasteiger partial charge is 0.482 e. The first kappa shape index (κ1) is 12.7. The molecule has 98 valence electrons. The zero-order valence-electron chi connectivity index (χ0n) is 10.2. The van der Waals surface area contributed by atoms with Crippen molar-refractivity contribution in [3.63, 3.8) is 0 Å². The van der Waals surface area contributed by atoms with Crippen molar-refractivity contribution in [1.29, 1.82) is 0 Å². The first-order valence-corrected chi connectivity index (χ1v) is 6.10. The number of nitrogens with zero attached hydrogens (tertiary/aromatic N) is 1. The molecule has 1 aromatic rings. The predicted octanol–water partition coefficient (Wildman–Crippen LogP) is 0.631. The summed E-state index contributed by atoms with van der Waals surface area (Å²) in [4.78, 5) is 13.6. The normalized spacial score (nSPS) is 16.6. The first-order valence-electron chi connectivity index (χ1n) is 6.10. The van der Waals surface area contributed by atoms with Crippen molar-refractivity contribution >= 4 is 11.6 Å². The summed E-state index contributed by atoms with van der Waals surface area (Å²) in [5.74, 6) is 0.466. The van der Waals surface area contributed by atoms with Gasteiger partial charge in [-0.15, -0.1) is 0 Å². The third kappa shape index (κ3) is 3.13. The van der Waals surface area contributed by atoms with Crippen LogP contribution in [0.25, 0.3) is 0 Å². The Labute approximate surface area is 106 Å². The van der Waals surface area contributed by atoms with Crippen LogP contribution in [0.4, 0.5) is 5.69 Å². The van der Waals surface area contributed by atoms with E-state index in [-0.39, 0.29) is 18.6 Å². The molecule has 1 aliphatic heterocycles. The number of nitrogen functional groups attached to an aromatic ring is 1. The molecule has 0 aromatic heterocycles. The van der Waals surface area contributed by atoms with E-state index in [2.05, 4.69) is 0 Å². The molecular formula is C13H18N2O3. The van der Waals surface area contributed by atoms with Crippen molar-refractivity contribution in [3.8, 4) is 5.75 Å². The molecule has 1 fully saturated rings. The SMILES string of the molecule is Nc1ccccc1OCC(=O)N1CCC(O)CC1. The summed E-state index contributed by atoms with van der Waals surface area (Å²) in [6.45, 7) is 1.17. The van der Waals surface area contributed by atoms with Gasteiger partial charge in [-0.25, -0.2) is 0 Å². The predicted molar refractivity (Wildman–Crippen MR) is 68.2 cm³/mol. The van der Waals surface area contributed by atoms with Gasteiger partial charge in [0.25, 0.3) is 5.91 Å². The van der Waals surface area contributed by atoms with Gasteiger partial charge in [0, 0.05) is 13.1 Å². The van der Waals surface area contributed by atoms with Crippen LogP contribution in [0, 0.1) is 0 Å². The molecule has 0 saturated carbocycles. The van der Waals surface area contributed by atoms with Crippen LogP contribution in [-0.2, 0) is 4.79 Å². The van der Waals surface area contributed by atoms with E-state index >= 15 is 0 Å². The molecule has 0 bridgehead atoms. The minimum atomic E-state index is -0.278. The monoisotopic (exact) mass is 250 g/mol. The van der Waals surface area contributed by atoms with Crippen molar-refractivity contribution in [2.24, 2.45) is 0 Å². The number of carbonyl (C=O) groups excluding carboxylic acids is 1. The van der Waals surface area contributed by atoms with E-state index in [9.17, 15) is 9.90 Å². The van der Waals surface area contributed by atoms with Gasteiger partial charge in [-0.1, -0.05) is 12.1 Å². The molecule has 0 atom stereocenters. The van der Waals surface area contributed by atoms with Crippen LogP contribution in [0.2, 0.25) is 0 Å². The molecule has 0 unspecified atom stereocenters. The lowest BCUT2D eigenvalue weighted by molar-refractivity contribution is -0.135. The third-order valence-electron chi connectivity index (χ3n) is 3.09. The Kier molecular flexibility index (Phi) is 4.04. The van der Waals surface area contributed by atoms with E-state index in [0.29, 0.717) is 37.4 Å². The fraction of sp³-hybridized carbons (Fsp3) is 0.462. The number of hydrogen-bond donors (Lipinski definition) is 2. The quantitative estimate of drug-likeness (QED) is 0.772. The van der Waals surface area contributed by atoms with E-state index in [1.807, 2.05) is 12.1 Å². The Bertz CT molecular complexity index is 414. The second-order valence-corrected chi connectivity index (χ2v) is 4.44. The van der Waals surface area contributed by atoms with Gasteiger partial charge in [0.05, 0.1) is 11.8 Å². The fourth-order valence-corrected chi connectivity index (χ4v) is 1.96. The lowest BCUT2D eigenvalue weighted by Gasteiger charge is -2.29. The van der Waals surface area contributed by atoms with E-state index in [1.165, 1.54) is 0 Å². The summed E-state index contributed by atoms with van der Waals surface area (Å²) < 4.78 is 5.40. The Hall–Kier alpha value is -1.75. The highest BCUT2D eigenvalue weighted by Gasteiger charge is 2.21. The lowest BCUT2D eigenvalue weighted by Crippen LogP contribution is -2.42. The smallest absolute Gasteiger partial charge is 0.260 e. The zero-order chi connectivity index (χ0) is 13.0. The summed E-state index contributed by atoms with van der Waals surface area (Å²) in [7, 11) is 0. The van der Waals surface area contributed by atoms with Gasteiger partial charge in [0.1, 0.15) is 5.75 Å². The van der Waals surface area contributed by atoms with Crippen molar-refractivity contribution in [3.05, 3.63) is 24.3 Å². The minimum Gasteiger partial charge on any atom is -0.482 e. The number of likely N-dealkylation sites (tertiary alicyclic amines) is 1. The molecular weight excluding hydrogens is 232 g/mol. The minimum absolute atomic E-state index is 0.00961. The second-order valence-electron chi connectivity index (χ2n) is 4.44. The van der Waals surface area contributed by atoms with Gasteiger partial charge in [-0.3, -0.25) is 4.79 Å². The van der Waals surface area contributed by atoms with Crippen LogP contribution in [0.5, 0.6) is 5.75 Å². The molecule has 2 rings (SSSR count). The maximum atomic E-state index is 11.9. The molecule has 5 nitrogen and oxygen atoms in total. The van der Waals surface area contributed by atoms with Gasteiger partial charge in [0.15, 0.2) is 6.61 Å². The molecule has 18 heavy (non-hydrogen) atoms. The van der Waals surface area contributed by atoms with Gasteiger partial charge in [-0.05, 0) is 25.0 Å². The van der Waals surface area contributed by atoms with Crippen LogP contribution >= 0.6 is 0 Å². The summed E-state index contributed by atoms with van der Waals surface area (Å²) >= 11 is 0. The topological polar surface area (TPSA) is 75.8 Å². The highest BCUT2D eigenvalue weighted by molar-refractivity contribution is 5.78. The van der Waals surface area contributed by atoms with E-state index in [0.717, 1.165) is 0 Å². The Morgan fingerprint density at radius 3 is 2.72 bits per heavy atom. The van der Waals surface area contributed by atoms with Crippen LogP contribution in [0.15, 0.2) is 24.3 Å². The van der Waals surface area contributed by atoms with E-state index in [1.54, 1.807) is 17.0 Å². The standard InChI is InChI=1S/C13H18N2O3/c14-11-3-1-2-4-12(11)18-9-13(17)15-7-5-10(16)6-8-15/h1-4,10,16H,5-9,14H2. The van der Waals surface area contributed by atoms with Crippen LogP contribution in [0.3, 0.4) is 0 Å². The second kappa shape index (κ2) is 5.73. The number of amides is 1. The van der Waals surface area contributed by atoms with Crippen molar-refractivity contribution in [2.45, 2.75) is 18.9 Å². The van der Waals surface area contributed by atoms with Crippen molar-refractivity contribution in [2.75, 3.05) is 25.4 Å². The first-order chi connectivity index (χ1) is 8.66. The van der Waals surface area contributed by atoms with Crippen LogP contribution in [-0.4, -0.2) is 41.7 Å². The number of rotatable bonds is 3.